The maximum atomic E-state index is 12.6. The number of alkyl carbamates (subject to hydrolysis) is 1. The van der Waals surface area contributed by atoms with Gasteiger partial charge in [0.1, 0.15) is 17.1 Å². The van der Waals surface area contributed by atoms with Crippen LogP contribution < -0.4 is 20.3 Å². The fourth-order valence-electron chi connectivity index (χ4n) is 5.68. The number of amides is 1. The van der Waals surface area contributed by atoms with Crippen molar-refractivity contribution in [2.45, 2.75) is 51.3 Å². The van der Waals surface area contributed by atoms with Crippen LogP contribution in [-0.4, -0.2) is 59.5 Å². The molecule has 0 saturated heterocycles. The number of nitrogens with zero attached hydrogens (tertiary/aromatic N) is 3. The van der Waals surface area contributed by atoms with E-state index in [0.717, 1.165) is 41.5 Å². The van der Waals surface area contributed by atoms with Crippen molar-refractivity contribution >= 4 is 16.9 Å². The Kier molecular flexibility index (Phi) is 6.17. The van der Waals surface area contributed by atoms with Crippen molar-refractivity contribution in [2.75, 3.05) is 27.8 Å². The van der Waals surface area contributed by atoms with Gasteiger partial charge < -0.3 is 29.0 Å². The zero-order chi connectivity index (χ0) is 27.5. The number of carbonyl (C=O) groups excluding carboxylic acids is 1. The number of aryl methyl sites for hydroxylation is 1. The van der Waals surface area contributed by atoms with Crippen LogP contribution in [0.2, 0.25) is 0 Å². The Hall–Kier alpha value is -3.59. The molecule has 9 heteroatoms. The molecule has 2 aliphatic rings. The topological polar surface area (TPSA) is 94.9 Å². The Morgan fingerprint density at radius 2 is 1.82 bits per heavy atom. The van der Waals surface area contributed by atoms with Crippen LogP contribution in [0.15, 0.2) is 41.6 Å². The van der Waals surface area contributed by atoms with Crippen molar-refractivity contribution in [2.24, 2.45) is 12.5 Å². The Balaban J connectivity index is 1.37. The van der Waals surface area contributed by atoms with E-state index in [4.69, 9.17) is 14.2 Å². The number of benzene rings is 1. The second kappa shape index (κ2) is 9.01. The number of rotatable bonds is 8. The fraction of sp³-hybridized carbons (Fsp3) is 0.483. The summed E-state index contributed by atoms with van der Waals surface area (Å²) < 4.78 is 18.7. The first-order valence-corrected chi connectivity index (χ1v) is 12.8. The predicted molar refractivity (Wildman–Crippen MR) is 146 cm³/mol. The van der Waals surface area contributed by atoms with E-state index >= 15 is 0 Å². The van der Waals surface area contributed by atoms with Gasteiger partial charge in [0, 0.05) is 49.7 Å². The minimum atomic E-state index is -0.513. The van der Waals surface area contributed by atoms with Gasteiger partial charge in [-0.05, 0) is 69.8 Å². The van der Waals surface area contributed by atoms with Crippen LogP contribution >= 0.6 is 0 Å². The lowest BCUT2D eigenvalue weighted by Gasteiger charge is -2.22. The lowest BCUT2D eigenvalue weighted by Crippen LogP contribution is -2.37. The highest BCUT2D eigenvalue weighted by Crippen LogP contribution is 2.78. The summed E-state index contributed by atoms with van der Waals surface area (Å²) in [5.41, 5.74) is 2.09. The van der Waals surface area contributed by atoms with Gasteiger partial charge in [-0.2, -0.15) is 0 Å². The Labute approximate surface area is 222 Å². The van der Waals surface area contributed by atoms with E-state index in [0.29, 0.717) is 23.4 Å². The third kappa shape index (κ3) is 4.60. The summed E-state index contributed by atoms with van der Waals surface area (Å²) in [5.74, 6) is 1.42. The number of nitrogens with one attached hydrogen (secondary N) is 1. The Morgan fingerprint density at radius 1 is 1.16 bits per heavy atom. The van der Waals surface area contributed by atoms with Crippen molar-refractivity contribution in [3.8, 4) is 22.6 Å². The summed E-state index contributed by atoms with van der Waals surface area (Å²) in [5, 5.41) is 4.49. The molecular weight excluding hydrogens is 484 g/mol. The first-order chi connectivity index (χ1) is 17.9. The van der Waals surface area contributed by atoms with Crippen LogP contribution in [0.25, 0.3) is 21.9 Å². The summed E-state index contributed by atoms with van der Waals surface area (Å²) in [4.78, 5) is 31.3. The van der Waals surface area contributed by atoms with Crippen LogP contribution in [0.5, 0.6) is 11.5 Å². The van der Waals surface area contributed by atoms with E-state index < -0.39 is 5.60 Å². The van der Waals surface area contributed by atoms with Gasteiger partial charge >= 0.3 is 6.09 Å². The molecule has 0 unspecified atom stereocenters. The number of carbonyl (C=O) groups is 1. The zero-order valence-corrected chi connectivity index (χ0v) is 23.2. The largest absolute Gasteiger partial charge is 0.496 e. The molecule has 202 valence electrons. The highest BCUT2D eigenvalue weighted by atomic mass is 16.6. The minimum absolute atomic E-state index is 0.0919. The van der Waals surface area contributed by atoms with E-state index in [-0.39, 0.29) is 22.6 Å². The van der Waals surface area contributed by atoms with Gasteiger partial charge in [-0.1, -0.05) is 0 Å². The maximum absolute atomic E-state index is 12.6. The molecule has 0 bridgehead atoms. The zero-order valence-electron chi connectivity index (χ0n) is 23.2. The number of pyridine rings is 2. The van der Waals surface area contributed by atoms with Crippen LogP contribution in [0.1, 0.15) is 39.2 Å². The van der Waals surface area contributed by atoms with Crippen molar-refractivity contribution in [1.29, 1.82) is 0 Å². The van der Waals surface area contributed by atoms with Crippen molar-refractivity contribution in [3.05, 3.63) is 52.7 Å². The van der Waals surface area contributed by atoms with Crippen LogP contribution in [0, 0.1) is 5.41 Å². The third-order valence-corrected chi connectivity index (χ3v) is 7.69. The molecule has 2 aromatic heterocycles. The third-order valence-electron chi connectivity index (χ3n) is 7.69. The monoisotopic (exact) mass is 520 g/mol. The molecule has 1 aromatic carbocycles. The molecule has 2 aliphatic carbocycles. The first-order valence-electron chi connectivity index (χ1n) is 12.8. The summed E-state index contributed by atoms with van der Waals surface area (Å²) in [7, 11) is 7.12. The predicted octanol–water partition coefficient (Wildman–Crippen LogP) is 4.11. The molecule has 2 fully saturated rings. The summed E-state index contributed by atoms with van der Waals surface area (Å²) in [6.45, 7) is 7.07. The van der Waals surface area contributed by atoms with Crippen LogP contribution in [0.3, 0.4) is 0 Å². The number of methoxy groups -OCH3 is 2. The molecule has 1 N–H and O–H groups in total. The van der Waals surface area contributed by atoms with Gasteiger partial charge in [0.2, 0.25) is 0 Å². The van der Waals surface area contributed by atoms with Gasteiger partial charge in [0.15, 0.2) is 0 Å². The number of aromatic nitrogens is 2. The maximum Gasteiger partial charge on any atom is 0.408 e. The molecule has 0 atom stereocenters. The number of hydrogen-bond acceptors (Lipinski definition) is 7. The van der Waals surface area contributed by atoms with Crippen molar-refractivity contribution in [1.82, 2.24) is 19.8 Å². The average Bonchev–Trinajstić information content (AvgIpc) is 3.64. The van der Waals surface area contributed by atoms with E-state index in [1.165, 1.54) is 0 Å². The second-order valence-electron chi connectivity index (χ2n) is 11.8. The van der Waals surface area contributed by atoms with E-state index in [9.17, 15) is 9.59 Å². The summed E-state index contributed by atoms with van der Waals surface area (Å²) in [6.07, 6.45) is 6.71. The molecule has 1 amide bonds. The highest BCUT2D eigenvalue weighted by Gasteiger charge is 2.84. The second-order valence-corrected chi connectivity index (χ2v) is 11.8. The summed E-state index contributed by atoms with van der Waals surface area (Å²) >= 11 is 0. The smallest absolute Gasteiger partial charge is 0.408 e. The molecule has 3 aromatic rings. The Morgan fingerprint density at radius 3 is 2.42 bits per heavy atom. The minimum Gasteiger partial charge on any atom is -0.496 e. The normalized spacial score (nSPS) is 21.7. The van der Waals surface area contributed by atoms with E-state index in [1.807, 2.05) is 45.2 Å². The molecule has 2 saturated carbocycles. The van der Waals surface area contributed by atoms with Gasteiger partial charge in [0.05, 0.1) is 30.7 Å². The SMILES string of the molecule is COc1cc(-c2cn(C)c(=O)c3cnccc23)cc(OC)c1CN(C)CC12CC1(NC(=O)OC(C)(C)C)C2. The van der Waals surface area contributed by atoms with Crippen molar-refractivity contribution < 1.29 is 19.0 Å². The van der Waals surface area contributed by atoms with Gasteiger partial charge in [-0.3, -0.25) is 9.78 Å². The van der Waals surface area contributed by atoms with Gasteiger partial charge in [0.25, 0.3) is 5.56 Å². The lowest BCUT2D eigenvalue weighted by atomic mass is 9.99. The fourth-order valence-corrected chi connectivity index (χ4v) is 5.68. The highest BCUT2D eigenvalue weighted by molar-refractivity contribution is 5.95. The number of fused-ring (bicyclic) bond motifs is 2. The van der Waals surface area contributed by atoms with Gasteiger partial charge in [-0.25, -0.2) is 4.79 Å². The lowest BCUT2D eigenvalue weighted by molar-refractivity contribution is 0.0510. The average molecular weight is 521 g/mol. The van der Waals surface area contributed by atoms with E-state index in [2.05, 4.69) is 22.2 Å². The molecule has 2 heterocycles. The van der Waals surface area contributed by atoms with Crippen LogP contribution in [-0.2, 0) is 18.3 Å². The quantitative estimate of drug-likeness (QED) is 0.478. The van der Waals surface area contributed by atoms with E-state index in [1.54, 1.807) is 38.2 Å². The Bertz CT molecular complexity index is 1440. The standard InChI is InChI=1S/C29H36N4O5/c1-27(2,3)38-26(35)31-29-15-28(29,16-29)17-32(4)13-22-23(36-6)10-18(11-24(22)37-7)21-14-33(5)25(34)20-12-30-9-8-19(20)21/h8-12,14H,13,15-17H2,1-7H3,(H,31,35). The molecule has 0 radical (unpaired) electrons. The molecule has 38 heavy (non-hydrogen) atoms. The molecule has 0 aliphatic heterocycles. The van der Waals surface area contributed by atoms with Crippen molar-refractivity contribution in [3.63, 3.8) is 0 Å². The van der Waals surface area contributed by atoms with Crippen LogP contribution in [0.4, 0.5) is 4.79 Å². The molecule has 9 nitrogen and oxygen atoms in total. The molecule has 0 spiro atoms. The van der Waals surface area contributed by atoms with Gasteiger partial charge in [-0.15, -0.1) is 0 Å². The molecular formula is C29H36N4O5. The first kappa shape index (κ1) is 26.0. The number of hydrogen-bond donors (Lipinski definition) is 1. The molecule has 5 rings (SSSR count). The number of ether oxygens (including phenoxy) is 3. The summed E-state index contributed by atoms with van der Waals surface area (Å²) in [6, 6.07) is 5.84.